The molecular formula is C8H18ClO2P. The average Bonchev–Trinajstić information content (AvgIpc) is 1.94. The van der Waals surface area contributed by atoms with E-state index in [1.54, 1.807) is 0 Å². The summed E-state index contributed by atoms with van der Waals surface area (Å²) in [5.41, 5.74) is 0. The number of rotatable bonds is 7. The van der Waals surface area contributed by atoms with Crippen LogP contribution >= 0.6 is 18.0 Å². The van der Waals surface area contributed by atoms with E-state index >= 15 is 0 Å². The second kappa shape index (κ2) is 6.94. The van der Waals surface area contributed by atoms with Gasteiger partial charge in [0.25, 0.3) is 6.72 Å². The van der Waals surface area contributed by atoms with E-state index in [0.717, 1.165) is 12.8 Å². The second-order valence-corrected chi connectivity index (χ2v) is 6.59. The summed E-state index contributed by atoms with van der Waals surface area (Å²) in [4.78, 5) is 0. The molecule has 0 aromatic rings. The number of hydrogen-bond acceptors (Lipinski definition) is 2. The lowest BCUT2D eigenvalue weighted by molar-refractivity contribution is 0.314. The Bertz CT molecular complexity index is 144. The van der Waals surface area contributed by atoms with Crippen molar-refractivity contribution in [3.8, 4) is 0 Å². The molecule has 0 saturated heterocycles. The first-order valence-corrected chi connectivity index (χ1v) is 7.45. The summed E-state index contributed by atoms with van der Waals surface area (Å²) in [7, 11) is 0. The standard InChI is InChI=1S/C8H18ClO2P/c1-3-4-5-6-7-8-11-12(2,9)10/h3-8H2,1-2H3. The molecule has 0 amide bonds. The van der Waals surface area contributed by atoms with Crippen molar-refractivity contribution in [2.24, 2.45) is 0 Å². The van der Waals surface area contributed by atoms with Crippen LogP contribution in [-0.2, 0) is 9.09 Å². The van der Waals surface area contributed by atoms with E-state index in [9.17, 15) is 4.57 Å². The van der Waals surface area contributed by atoms with Crippen LogP contribution in [0.3, 0.4) is 0 Å². The summed E-state index contributed by atoms with van der Waals surface area (Å²) in [5.74, 6) is 0. The van der Waals surface area contributed by atoms with E-state index in [2.05, 4.69) is 6.92 Å². The molecule has 0 saturated carbocycles. The smallest absolute Gasteiger partial charge is 0.287 e. The van der Waals surface area contributed by atoms with Crippen LogP contribution in [-0.4, -0.2) is 13.3 Å². The van der Waals surface area contributed by atoms with Gasteiger partial charge in [-0.15, -0.1) is 0 Å². The number of hydrogen-bond donors (Lipinski definition) is 0. The van der Waals surface area contributed by atoms with Crippen molar-refractivity contribution in [1.29, 1.82) is 0 Å². The van der Waals surface area contributed by atoms with Crippen molar-refractivity contribution in [3.05, 3.63) is 0 Å². The third kappa shape index (κ3) is 10.5. The predicted molar refractivity (Wildman–Crippen MR) is 54.1 cm³/mol. The minimum Gasteiger partial charge on any atom is -0.318 e. The molecule has 0 aromatic carbocycles. The van der Waals surface area contributed by atoms with Crippen molar-refractivity contribution in [3.63, 3.8) is 0 Å². The van der Waals surface area contributed by atoms with Gasteiger partial charge in [-0.2, -0.15) is 0 Å². The highest BCUT2D eigenvalue weighted by atomic mass is 35.7. The molecule has 0 bridgehead atoms. The fourth-order valence-electron chi connectivity index (χ4n) is 0.933. The number of halogens is 1. The van der Waals surface area contributed by atoms with Gasteiger partial charge in [-0.3, -0.25) is 4.57 Å². The summed E-state index contributed by atoms with van der Waals surface area (Å²) in [5, 5.41) is 0. The van der Waals surface area contributed by atoms with Crippen molar-refractivity contribution in [1.82, 2.24) is 0 Å². The normalized spacial score (nSPS) is 15.9. The van der Waals surface area contributed by atoms with Crippen LogP contribution in [0.25, 0.3) is 0 Å². The molecule has 0 heterocycles. The van der Waals surface area contributed by atoms with Crippen LogP contribution in [0, 0.1) is 0 Å². The zero-order chi connectivity index (χ0) is 9.45. The molecule has 4 heteroatoms. The van der Waals surface area contributed by atoms with Gasteiger partial charge in [0.15, 0.2) is 0 Å². The first kappa shape index (κ1) is 12.5. The molecule has 0 spiro atoms. The van der Waals surface area contributed by atoms with Crippen molar-refractivity contribution in [2.45, 2.75) is 39.0 Å². The van der Waals surface area contributed by atoms with Gasteiger partial charge in [0.2, 0.25) is 0 Å². The zero-order valence-corrected chi connectivity index (χ0v) is 9.53. The average molecular weight is 213 g/mol. The van der Waals surface area contributed by atoms with E-state index in [4.69, 9.17) is 15.8 Å². The van der Waals surface area contributed by atoms with Gasteiger partial charge in [-0.1, -0.05) is 32.6 Å². The van der Waals surface area contributed by atoms with E-state index < -0.39 is 6.72 Å². The maximum absolute atomic E-state index is 10.8. The van der Waals surface area contributed by atoms with Gasteiger partial charge in [-0.05, 0) is 17.7 Å². The molecule has 1 atom stereocenters. The van der Waals surface area contributed by atoms with Crippen LogP contribution < -0.4 is 0 Å². The van der Waals surface area contributed by atoms with Crippen molar-refractivity contribution < 1.29 is 9.09 Å². The summed E-state index contributed by atoms with van der Waals surface area (Å²) in [6.45, 7) is 1.39. The maximum Gasteiger partial charge on any atom is 0.287 e. The Kier molecular flexibility index (Phi) is 7.22. The van der Waals surface area contributed by atoms with Crippen LogP contribution in [0.1, 0.15) is 39.0 Å². The third-order valence-corrected chi connectivity index (χ3v) is 2.51. The van der Waals surface area contributed by atoms with Crippen molar-refractivity contribution >= 4 is 18.0 Å². The molecule has 2 nitrogen and oxygen atoms in total. The molecule has 0 radical (unpaired) electrons. The molecule has 12 heavy (non-hydrogen) atoms. The SMILES string of the molecule is CCCCCCCOP(C)(=O)Cl. The lowest BCUT2D eigenvalue weighted by Gasteiger charge is -2.05. The number of unbranched alkanes of at least 4 members (excludes halogenated alkanes) is 4. The van der Waals surface area contributed by atoms with Crippen LogP contribution in [0.2, 0.25) is 0 Å². The summed E-state index contributed by atoms with van der Waals surface area (Å²) in [6.07, 6.45) is 5.85. The van der Waals surface area contributed by atoms with Gasteiger partial charge >= 0.3 is 0 Å². The third-order valence-electron chi connectivity index (χ3n) is 1.57. The fraction of sp³-hybridized carbons (Fsp3) is 1.00. The first-order valence-electron chi connectivity index (χ1n) is 4.48. The van der Waals surface area contributed by atoms with Gasteiger partial charge in [0.05, 0.1) is 6.61 Å². The highest BCUT2D eigenvalue weighted by Crippen LogP contribution is 2.48. The monoisotopic (exact) mass is 212 g/mol. The van der Waals surface area contributed by atoms with E-state index in [0.29, 0.717) is 6.61 Å². The van der Waals surface area contributed by atoms with Crippen LogP contribution in [0.4, 0.5) is 0 Å². The maximum atomic E-state index is 10.8. The van der Waals surface area contributed by atoms with E-state index in [1.165, 1.54) is 25.9 Å². The highest BCUT2D eigenvalue weighted by Gasteiger charge is 2.08. The van der Waals surface area contributed by atoms with E-state index in [1.807, 2.05) is 0 Å². The molecule has 0 aromatic heterocycles. The molecule has 0 fully saturated rings. The van der Waals surface area contributed by atoms with E-state index in [-0.39, 0.29) is 0 Å². The second-order valence-electron chi connectivity index (χ2n) is 2.99. The summed E-state index contributed by atoms with van der Waals surface area (Å²) in [6, 6.07) is 0. The Hall–Kier alpha value is 0.480. The molecule has 0 aliphatic carbocycles. The predicted octanol–water partition coefficient (Wildman–Crippen LogP) is 4.04. The Morgan fingerprint density at radius 3 is 2.33 bits per heavy atom. The van der Waals surface area contributed by atoms with Gasteiger partial charge < -0.3 is 4.52 Å². The molecule has 0 rings (SSSR count). The molecule has 74 valence electrons. The fourth-order valence-corrected chi connectivity index (χ4v) is 1.60. The lowest BCUT2D eigenvalue weighted by Crippen LogP contribution is -1.88. The van der Waals surface area contributed by atoms with Crippen LogP contribution in [0.15, 0.2) is 0 Å². The molecule has 0 N–H and O–H groups in total. The Labute approximate surface area is 79.9 Å². The lowest BCUT2D eigenvalue weighted by atomic mass is 10.2. The minimum absolute atomic E-state index is 0.529. The molecule has 0 aliphatic rings. The summed E-state index contributed by atoms with van der Waals surface area (Å²) < 4.78 is 15.8. The van der Waals surface area contributed by atoms with Crippen molar-refractivity contribution in [2.75, 3.05) is 13.3 Å². The Morgan fingerprint density at radius 1 is 1.25 bits per heavy atom. The molecule has 1 unspecified atom stereocenters. The quantitative estimate of drug-likeness (QED) is 0.470. The molecule has 0 aliphatic heterocycles. The highest BCUT2D eigenvalue weighted by molar-refractivity contribution is 7.84. The zero-order valence-electron chi connectivity index (χ0n) is 7.88. The van der Waals surface area contributed by atoms with Gasteiger partial charge in [0.1, 0.15) is 0 Å². The minimum atomic E-state index is -2.75. The van der Waals surface area contributed by atoms with Gasteiger partial charge in [0, 0.05) is 6.66 Å². The van der Waals surface area contributed by atoms with Crippen LogP contribution in [0.5, 0.6) is 0 Å². The van der Waals surface area contributed by atoms with Gasteiger partial charge in [-0.25, -0.2) is 0 Å². The largest absolute Gasteiger partial charge is 0.318 e. The Morgan fingerprint density at radius 2 is 1.83 bits per heavy atom. The molecular weight excluding hydrogens is 195 g/mol. The Balaban J connectivity index is 3.06. The topological polar surface area (TPSA) is 26.3 Å². The first-order chi connectivity index (χ1) is 5.56. The summed E-state index contributed by atoms with van der Waals surface area (Å²) >= 11 is 5.41.